The summed E-state index contributed by atoms with van der Waals surface area (Å²) >= 11 is 0. The molecule has 0 fully saturated rings. The molecule has 1 aliphatic rings. The van der Waals surface area contributed by atoms with Crippen molar-refractivity contribution < 1.29 is 14.0 Å². The summed E-state index contributed by atoms with van der Waals surface area (Å²) in [5.41, 5.74) is 4.04. The predicted molar refractivity (Wildman–Crippen MR) is 126 cm³/mol. The summed E-state index contributed by atoms with van der Waals surface area (Å²) < 4.78 is 13.1. The Morgan fingerprint density at radius 1 is 1.21 bits per heavy atom. The van der Waals surface area contributed by atoms with Crippen LogP contribution < -0.4 is 10.2 Å². The van der Waals surface area contributed by atoms with Gasteiger partial charge in [-0.05, 0) is 75.8 Å². The van der Waals surface area contributed by atoms with Gasteiger partial charge in [-0.1, -0.05) is 12.1 Å². The van der Waals surface area contributed by atoms with E-state index in [1.165, 1.54) is 12.1 Å². The largest absolute Gasteiger partial charge is 0.324 e. The number of para-hydroxylation sites is 2. The molecular formula is C25H28FN5O2. The molecule has 0 radical (unpaired) electrons. The molecule has 3 aromatic rings. The molecule has 2 heterocycles. The summed E-state index contributed by atoms with van der Waals surface area (Å²) in [4.78, 5) is 29.0. The first-order chi connectivity index (χ1) is 15.9. The molecule has 1 aliphatic heterocycles. The van der Waals surface area contributed by atoms with E-state index in [1.54, 1.807) is 17.0 Å². The highest BCUT2D eigenvalue weighted by Gasteiger charge is 2.29. The fourth-order valence-electron chi connectivity index (χ4n) is 4.15. The van der Waals surface area contributed by atoms with Crippen LogP contribution in [0, 0.1) is 5.82 Å². The van der Waals surface area contributed by atoms with Crippen LogP contribution in [0.15, 0.2) is 54.6 Å². The van der Waals surface area contributed by atoms with Crippen LogP contribution >= 0.6 is 0 Å². The predicted octanol–water partition coefficient (Wildman–Crippen LogP) is 3.84. The van der Waals surface area contributed by atoms with Crippen LogP contribution in [0.1, 0.15) is 25.5 Å². The summed E-state index contributed by atoms with van der Waals surface area (Å²) in [7, 11) is 1.92. The highest BCUT2D eigenvalue weighted by Crippen LogP contribution is 2.31. The molecule has 0 bridgehead atoms. The summed E-state index contributed by atoms with van der Waals surface area (Å²) in [6.45, 7) is 2.89. The lowest BCUT2D eigenvalue weighted by atomic mass is 10.1. The second-order valence-electron chi connectivity index (χ2n) is 8.51. The maximum Gasteiger partial charge on any atom is 0.241 e. The van der Waals surface area contributed by atoms with Crippen LogP contribution in [-0.4, -0.2) is 53.1 Å². The van der Waals surface area contributed by atoms with Crippen molar-refractivity contribution in [2.24, 2.45) is 0 Å². The number of carbonyl (C=O) groups excluding carboxylic acids is 2. The molecule has 2 N–H and O–H groups in total. The number of aromatic nitrogens is 2. The Morgan fingerprint density at radius 3 is 2.76 bits per heavy atom. The van der Waals surface area contributed by atoms with Gasteiger partial charge >= 0.3 is 0 Å². The molecule has 2 aromatic carbocycles. The standard InChI is InChI=1S/C25H28FN5O2/c1-17-14-24(32)27-21-7-3-4-8-23(21)31(17)25(33)16-30(2)13-5-6-20-15-22(29-28-20)18-9-11-19(26)12-10-18/h3-4,7-12,15,17H,5-6,13-14,16H2,1-2H3,(H,27,32)(H,28,29). The van der Waals surface area contributed by atoms with Crippen LogP contribution in [-0.2, 0) is 16.0 Å². The fourth-order valence-corrected chi connectivity index (χ4v) is 4.15. The molecule has 2 amide bonds. The van der Waals surface area contributed by atoms with Crippen LogP contribution in [0.2, 0.25) is 0 Å². The number of likely N-dealkylation sites (N-methyl/N-ethyl adjacent to an activating group) is 1. The Morgan fingerprint density at radius 2 is 1.97 bits per heavy atom. The van der Waals surface area contributed by atoms with E-state index in [0.717, 1.165) is 42.0 Å². The number of H-pyrrole nitrogens is 1. The van der Waals surface area contributed by atoms with Gasteiger partial charge in [-0.15, -0.1) is 0 Å². The summed E-state index contributed by atoms with van der Waals surface area (Å²) in [6.07, 6.45) is 1.90. The monoisotopic (exact) mass is 449 g/mol. The number of carbonyl (C=O) groups is 2. The van der Waals surface area contributed by atoms with E-state index in [-0.39, 0.29) is 36.6 Å². The van der Waals surface area contributed by atoms with Gasteiger partial charge in [0.15, 0.2) is 0 Å². The molecular weight excluding hydrogens is 421 g/mol. The number of rotatable bonds is 7. The first kappa shape index (κ1) is 22.7. The SMILES string of the molecule is CC1CC(=O)Nc2ccccc2N1C(=O)CN(C)CCCc1cc(-c2ccc(F)cc2)n[nH]1. The first-order valence-electron chi connectivity index (χ1n) is 11.1. The highest BCUT2D eigenvalue weighted by molar-refractivity contribution is 6.04. The number of amides is 2. The van der Waals surface area contributed by atoms with E-state index in [2.05, 4.69) is 15.5 Å². The van der Waals surface area contributed by atoms with Gasteiger partial charge < -0.3 is 10.2 Å². The minimum absolute atomic E-state index is 0.0333. The van der Waals surface area contributed by atoms with Crippen molar-refractivity contribution in [3.63, 3.8) is 0 Å². The second kappa shape index (κ2) is 9.95. The second-order valence-corrected chi connectivity index (χ2v) is 8.51. The van der Waals surface area contributed by atoms with E-state index in [9.17, 15) is 14.0 Å². The topological polar surface area (TPSA) is 81.3 Å². The number of nitrogens with one attached hydrogen (secondary N) is 2. The number of benzene rings is 2. The third kappa shape index (κ3) is 5.46. The van der Waals surface area contributed by atoms with Gasteiger partial charge in [-0.25, -0.2) is 4.39 Å². The normalized spacial score (nSPS) is 15.8. The number of fused-ring (bicyclic) bond motifs is 1. The number of aromatic amines is 1. The van der Waals surface area contributed by atoms with Crippen molar-refractivity contribution in [1.82, 2.24) is 15.1 Å². The number of halogens is 1. The average molecular weight is 450 g/mol. The number of hydrogen-bond donors (Lipinski definition) is 2. The van der Waals surface area contributed by atoms with Gasteiger partial charge in [-0.2, -0.15) is 5.10 Å². The number of aryl methyl sites for hydroxylation is 1. The summed E-state index contributed by atoms with van der Waals surface area (Å²) in [5, 5.41) is 10.2. The van der Waals surface area contributed by atoms with Crippen molar-refractivity contribution in [1.29, 1.82) is 0 Å². The number of hydrogen-bond acceptors (Lipinski definition) is 4. The summed E-state index contributed by atoms with van der Waals surface area (Å²) in [6, 6.07) is 15.4. The summed E-state index contributed by atoms with van der Waals surface area (Å²) in [5.74, 6) is -0.389. The van der Waals surface area contributed by atoms with E-state index in [1.807, 2.05) is 49.2 Å². The van der Waals surface area contributed by atoms with Gasteiger partial charge in [0.1, 0.15) is 5.82 Å². The Hall–Kier alpha value is -3.52. The molecule has 8 heteroatoms. The van der Waals surface area contributed by atoms with Crippen molar-refractivity contribution in [3.05, 3.63) is 66.1 Å². The van der Waals surface area contributed by atoms with Crippen LogP contribution in [0.5, 0.6) is 0 Å². The zero-order valence-corrected chi connectivity index (χ0v) is 18.8. The molecule has 1 aromatic heterocycles. The maximum absolute atomic E-state index is 13.2. The number of nitrogens with zero attached hydrogens (tertiary/aromatic N) is 3. The first-order valence-corrected chi connectivity index (χ1v) is 11.1. The minimum atomic E-state index is -0.270. The average Bonchev–Trinajstić information content (AvgIpc) is 3.19. The Kier molecular flexibility index (Phi) is 6.84. The highest BCUT2D eigenvalue weighted by atomic mass is 19.1. The smallest absolute Gasteiger partial charge is 0.241 e. The third-order valence-electron chi connectivity index (χ3n) is 5.79. The van der Waals surface area contributed by atoms with Crippen molar-refractivity contribution in [2.45, 2.75) is 32.2 Å². The lowest BCUT2D eigenvalue weighted by molar-refractivity contribution is -0.120. The Balaban J connectivity index is 1.32. The quantitative estimate of drug-likeness (QED) is 0.574. The molecule has 4 rings (SSSR count). The number of anilines is 2. The zero-order chi connectivity index (χ0) is 23.4. The van der Waals surface area contributed by atoms with Crippen LogP contribution in [0.25, 0.3) is 11.3 Å². The van der Waals surface area contributed by atoms with E-state index in [0.29, 0.717) is 5.69 Å². The van der Waals surface area contributed by atoms with E-state index >= 15 is 0 Å². The molecule has 172 valence electrons. The van der Waals surface area contributed by atoms with E-state index < -0.39 is 0 Å². The molecule has 0 saturated carbocycles. The van der Waals surface area contributed by atoms with Crippen LogP contribution in [0.4, 0.5) is 15.8 Å². The zero-order valence-electron chi connectivity index (χ0n) is 18.8. The van der Waals surface area contributed by atoms with Gasteiger partial charge in [0, 0.05) is 23.7 Å². The minimum Gasteiger partial charge on any atom is -0.324 e. The lowest BCUT2D eigenvalue weighted by Gasteiger charge is -2.29. The molecule has 7 nitrogen and oxygen atoms in total. The van der Waals surface area contributed by atoms with Crippen molar-refractivity contribution in [2.75, 3.05) is 30.4 Å². The molecule has 0 aliphatic carbocycles. The van der Waals surface area contributed by atoms with Gasteiger partial charge in [0.05, 0.1) is 23.6 Å². The van der Waals surface area contributed by atoms with Crippen molar-refractivity contribution in [3.8, 4) is 11.3 Å². The van der Waals surface area contributed by atoms with E-state index in [4.69, 9.17) is 0 Å². The molecule has 0 saturated heterocycles. The molecule has 33 heavy (non-hydrogen) atoms. The maximum atomic E-state index is 13.2. The van der Waals surface area contributed by atoms with Gasteiger partial charge in [0.25, 0.3) is 0 Å². The fraction of sp³-hybridized carbons (Fsp3) is 0.320. The van der Waals surface area contributed by atoms with Gasteiger partial charge in [0.2, 0.25) is 11.8 Å². The van der Waals surface area contributed by atoms with Crippen molar-refractivity contribution >= 4 is 23.2 Å². The Bertz CT molecular complexity index is 1130. The van der Waals surface area contributed by atoms with Crippen LogP contribution in [0.3, 0.4) is 0 Å². The lowest BCUT2D eigenvalue weighted by Crippen LogP contribution is -2.44. The Labute approximate surface area is 192 Å². The molecule has 1 unspecified atom stereocenters. The third-order valence-corrected chi connectivity index (χ3v) is 5.79. The molecule has 1 atom stereocenters. The van der Waals surface area contributed by atoms with Gasteiger partial charge in [-0.3, -0.25) is 19.6 Å². The molecule has 0 spiro atoms.